The van der Waals surface area contributed by atoms with Crippen LogP contribution >= 0.6 is 0 Å². The Labute approximate surface area is 118 Å². The molecule has 0 aromatic heterocycles. The molecule has 4 heteroatoms. The van der Waals surface area contributed by atoms with Crippen molar-refractivity contribution in [3.8, 4) is 6.07 Å². The van der Waals surface area contributed by atoms with Gasteiger partial charge in [-0.25, -0.2) is 0 Å². The first-order chi connectivity index (χ1) is 9.63. The van der Waals surface area contributed by atoms with E-state index >= 15 is 0 Å². The summed E-state index contributed by atoms with van der Waals surface area (Å²) in [5.74, 6) is -0.770. The van der Waals surface area contributed by atoms with Gasteiger partial charge >= 0.3 is 5.97 Å². The van der Waals surface area contributed by atoms with Crippen molar-refractivity contribution in [3.63, 3.8) is 0 Å². The molecule has 2 atom stereocenters. The van der Waals surface area contributed by atoms with Crippen LogP contribution in [0.3, 0.4) is 0 Å². The van der Waals surface area contributed by atoms with E-state index in [9.17, 15) is 9.59 Å². The van der Waals surface area contributed by atoms with Crippen LogP contribution in [0.15, 0.2) is 24.3 Å². The van der Waals surface area contributed by atoms with Crippen molar-refractivity contribution in [2.24, 2.45) is 11.8 Å². The minimum absolute atomic E-state index is 0.0149. The smallest absolute Gasteiger partial charge is 0.316 e. The van der Waals surface area contributed by atoms with Crippen molar-refractivity contribution in [2.75, 3.05) is 7.11 Å². The first-order valence-electron chi connectivity index (χ1n) is 6.73. The largest absolute Gasteiger partial charge is 0.468 e. The summed E-state index contributed by atoms with van der Waals surface area (Å²) >= 11 is 0. The lowest BCUT2D eigenvalue weighted by molar-refractivity contribution is -0.151. The molecule has 2 unspecified atom stereocenters. The lowest BCUT2D eigenvalue weighted by atomic mass is 9.78. The monoisotopic (exact) mass is 271 g/mol. The van der Waals surface area contributed by atoms with E-state index in [0.29, 0.717) is 18.4 Å². The second kappa shape index (κ2) is 6.33. The van der Waals surface area contributed by atoms with Crippen LogP contribution in [0.4, 0.5) is 0 Å². The molecule has 1 fully saturated rings. The third kappa shape index (κ3) is 3.24. The van der Waals surface area contributed by atoms with E-state index < -0.39 is 11.9 Å². The number of ketones is 1. The number of rotatable bonds is 3. The quantitative estimate of drug-likeness (QED) is 0.624. The SMILES string of the molecule is COC(=O)C1CC(Cc2cccc(C#N)c2)CCC1=O. The van der Waals surface area contributed by atoms with E-state index in [-0.39, 0.29) is 11.7 Å². The fourth-order valence-corrected chi connectivity index (χ4v) is 2.76. The van der Waals surface area contributed by atoms with Crippen LogP contribution in [-0.4, -0.2) is 18.9 Å². The molecule has 1 aromatic rings. The van der Waals surface area contributed by atoms with Gasteiger partial charge in [0.15, 0.2) is 0 Å². The Morgan fingerprint density at radius 1 is 1.50 bits per heavy atom. The number of esters is 1. The van der Waals surface area contributed by atoms with Crippen LogP contribution in [0.2, 0.25) is 0 Å². The van der Waals surface area contributed by atoms with Crippen molar-refractivity contribution < 1.29 is 14.3 Å². The third-order valence-corrected chi connectivity index (χ3v) is 3.82. The van der Waals surface area contributed by atoms with Crippen LogP contribution in [0.25, 0.3) is 0 Å². The van der Waals surface area contributed by atoms with Crippen molar-refractivity contribution in [1.82, 2.24) is 0 Å². The average Bonchev–Trinajstić information content (AvgIpc) is 2.48. The second-order valence-corrected chi connectivity index (χ2v) is 5.20. The highest BCUT2D eigenvalue weighted by atomic mass is 16.5. The minimum atomic E-state index is -0.613. The van der Waals surface area contributed by atoms with Gasteiger partial charge in [0.05, 0.1) is 18.7 Å². The zero-order valence-electron chi connectivity index (χ0n) is 11.5. The fraction of sp³-hybridized carbons (Fsp3) is 0.438. The molecular formula is C16H17NO3. The Bertz CT molecular complexity index is 551. The third-order valence-electron chi connectivity index (χ3n) is 3.82. The lowest BCUT2D eigenvalue weighted by Crippen LogP contribution is -2.32. The molecule has 0 radical (unpaired) electrons. The minimum Gasteiger partial charge on any atom is -0.468 e. The predicted octanol–water partition coefficient (Wildman–Crippen LogP) is 2.26. The molecule has 0 aliphatic heterocycles. The molecule has 0 bridgehead atoms. The summed E-state index contributed by atoms with van der Waals surface area (Å²) in [6.07, 6.45) is 2.56. The number of nitrogens with zero attached hydrogens (tertiary/aromatic N) is 1. The number of methoxy groups -OCH3 is 1. The van der Waals surface area contributed by atoms with Gasteiger partial charge < -0.3 is 4.74 Å². The molecule has 0 saturated heterocycles. The van der Waals surface area contributed by atoms with Gasteiger partial charge in [-0.1, -0.05) is 12.1 Å². The van der Waals surface area contributed by atoms with Crippen molar-refractivity contribution in [1.29, 1.82) is 5.26 Å². The van der Waals surface area contributed by atoms with Crippen LogP contribution in [0.5, 0.6) is 0 Å². The molecule has 104 valence electrons. The summed E-state index contributed by atoms with van der Waals surface area (Å²) in [7, 11) is 1.32. The molecule has 1 aliphatic carbocycles. The van der Waals surface area contributed by atoms with E-state index in [1.54, 1.807) is 6.07 Å². The number of ether oxygens (including phenoxy) is 1. The van der Waals surface area contributed by atoms with Gasteiger partial charge in [-0.15, -0.1) is 0 Å². The van der Waals surface area contributed by atoms with Gasteiger partial charge in [-0.2, -0.15) is 5.26 Å². The molecule has 0 N–H and O–H groups in total. The van der Waals surface area contributed by atoms with Crippen molar-refractivity contribution in [3.05, 3.63) is 35.4 Å². The highest BCUT2D eigenvalue weighted by molar-refractivity contribution is 5.99. The van der Waals surface area contributed by atoms with Gasteiger partial charge in [-0.3, -0.25) is 9.59 Å². The molecule has 4 nitrogen and oxygen atoms in total. The van der Waals surface area contributed by atoms with Crippen LogP contribution < -0.4 is 0 Å². The summed E-state index contributed by atoms with van der Waals surface area (Å²) in [6, 6.07) is 9.59. The van der Waals surface area contributed by atoms with Gasteiger partial charge in [0.1, 0.15) is 11.7 Å². The van der Waals surface area contributed by atoms with E-state index in [1.807, 2.05) is 18.2 Å². The molecule has 0 amide bonds. The van der Waals surface area contributed by atoms with Crippen molar-refractivity contribution in [2.45, 2.75) is 25.7 Å². The average molecular weight is 271 g/mol. The molecular weight excluding hydrogens is 254 g/mol. The zero-order chi connectivity index (χ0) is 14.5. The highest BCUT2D eigenvalue weighted by Crippen LogP contribution is 2.30. The summed E-state index contributed by atoms with van der Waals surface area (Å²) in [5, 5.41) is 8.89. The van der Waals surface area contributed by atoms with Gasteiger partial charge in [0.2, 0.25) is 0 Å². The highest BCUT2D eigenvalue weighted by Gasteiger charge is 2.34. The van der Waals surface area contributed by atoms with Crippen molar-refractivity contribution >= 4 is 11.8 Å². The Hall–Kier alpha value is -2.15. The van der Waals surface area contributed by atoms with Crippen LogP contribution in [0, 0.1) is 23.2 Å². The van der Waals surface area contributed by atoms with E-state index in [4.69, 9.17) is 10.00 Å². The summed E-state index contributed by atoms with van der Waals surface area (Å²) in [5.41, 5.74) is 1.71. The number of Topliss-reactive ketones (excluding diaryl/α,β-unsaturated/α-hetero) is 1. The number of carbonyl (C=O) groups excluding carboxylic acids is 2. The number of hydrogen-bond acceptors (Lipinski definition) is 4. The second-order valence-electron chi connectivity index (χ2n) is 5.20. The maximum Gasteiger partial charge on any atom is 0.316 e. The number of carbonyl (C=O) groups is 2. The van der Waals surface area contributed by atoms with Gasteiger partial charge in [0, 0.05) is 6.42 Å². The summed E-state index contributed by atoms with van der Waals surface area (Å²) in [4.78, 5) is 23.3. The Balaban J connectivity index is 2.05. The summed E-state index contributed by atoms with van der Waals surface area (Å²) in [6.45, 7) is 0. The Kier molecular flexibility index (Phi) is 4.52. The normalized spacial score (nSPS) is 22.1. The molecule has 1 saturated carbocycles. The number of nitriles is 1. The molecule has 0 spiro atoms. The molecule has 20 heavy (non-hydrogen) atoms. The summed E-state index contributed by atoms with van der Waals surface area (Å²) < 4.78 is 4.69. The predicted molar refractivity (Wildman–Crippen MR) is 72.7 cm³/mol. The first-order valence-corrected chi connectivity index (χ1v) is 6.73. The number of benzene rings is 1. The van der Waals surface area contributed by atoms with Gasteiger partial charge in [-0.05, 0) is 42.9 Å². The van der Waals surface area contributed by atoms with E-state index in [2.05, 4.69) is 6.07 Å². The Morgan fingerprint density at radius 3 is 3.00 bits per heavy atom. The first kappa shape index (κ1) is 14.3. The molecule has 0 heterocycles. The maximum atomic E-state index is 11.7. The molecule has 1 aromatic carbocycles. The van der Waals surface area contributed by atoms with Crippen LogP contribution in [0.1, 0.15) is 30.4 Å². The van der Waals surface area contributed by atoms with Gasteiger partial charge in [0.25, 0.3) is 0 Å². The lowest BCUT2D eigenvalue weighted by Gasteiger charge is -2.26. The van der Waals surface area contributed by atoms with E-state index in [0.717, 1.165) is 18.4 Å². The zero-order valence-corrected chi connectivity index (χ0v) is 11.5. The standard InChI is InChI=1S/C16H17NO3/c1-20-16(19)14-9-12(5-6-15(14)18)7-11-3-2-4-13(8-11)10-17/h2-4,8,12,14H,5-7,9H2,1H3. The molecule has 2 rings (SSSR count). The topological polar surface area (TPSA) is 67.2 Å². The fourth-order valence-electron chi connectivity index (χ4n) is 2.76. The van der Waals surface area contributed by atoms with E-state index in [1.165, 1.54) is 7.11 Å². The molecule has 1 aliphatic rings. The Morgan fingerprint density at radius 2 is 2.30 bits per heavy atom. The van der Waals surface area contributed by atoms with Crippen LogP contribution in [-0.2, 0) is 20.7 Å². The number of hydrogen-bond donors (Lipinski definition) is 0. The maximum absolute atomic E-state index is 11.7.